The first-order valence-electron chi connectivity index (χ1n) is 6.20. The molecule has 0 aliphatic heterocycles. The van der Waals surface area contributed by atoms with Crippen LogP contribution in [0.3, 0.4) is 0 Å². The van der Waals surface area contributed by atoms with E-state index in [0.29, 0.717) is 0 Å². The Labute approximate surface area is 117 Å². The van der Waals surface area contributed by atoms with Gasteiger partial charge in [0.2, 0.25) is 5.91 Å². The predicted molar refractivity (Wildman–Crippen MR) is 75.1 cm³/mol. The van der Waals surface area contributed by atoms with E-state index in [1.54, 1.807) is 25.2 Å². The summed E-state index contributed by atoms with van der Waals surface area (Å²) in [6.07, 6.45) is 0. The van der Waals surface area contributed by atoms with E-state index in [0.717, 1.165) is 4.88 Å². The highest BCUT2D eigenvalue weighted by Crippen LogP contribution is 2.17. The summed E-state index contributed by atoms with van der Waals surface area (Å²) < 4.78 is 0. The predicted octanol–water partition coefficient (Wildman–Crippen LogP) is 1.62. The van der Waals surface area contributed by atoms with E-state index in [-0.39, 0.29) is 24.4 Å². The smallest absolute Gasteiger partial charge is 0.320 e. The third-order valence-electron chi connectivity index (χ3n) is 2.76. The van der Waals surface area contributed by atoms with Gasteiger partial charge in [-0.05, 0) is 24.3 Å². The van der Waals surface area contributed by atoms with Gasteiger partial charge >= 0.3 is 5.97 Å². The van der Waals surface area contributed by atoms with Gasteiger partial charge in [0.25, 0.3) is 0 Å². The highest BCUT2D eigenvalue weighted by atomic mass is 32.1. The van der Waals surface area contributed by atoms with Crippen molar-refractivity contribution < 1.29 is 14.7 Å². The van der Waals surface area contributed by atoms with Gasteiger partial charge in [-0.1, -0.05) is 19.9 Å². The number of thiophene rings is 1. The maximum atomic E-state index is 11.7. The van der Waals surface area contributed by atoms with Gasteiger partial charge in [0.1, 0.15) is 6.04 Å². The number of carbonyl (C=O) groups excluding carboxylic acids is 1. The molecule has 1 rings (SSSR count). The minimum Gasteiger partial charge on any atom is -0.480 e. The van der Waals surface area contributed by atoms with Gasteiger partial charge in [-0.25, -0.2) is 0 Å². The second-order valence-electron chi connectivity index (χ2n) is 4.75. The Bertz CT molecular complexity index is 418. The lowest BCUT2D eigenvalue weighted by atomic mass is 10.1. The van der Waals surface area contributed by atoms with Crippen molar-refractivity contribution >= 4 is 23.2 Å². The zero-order valence-electron chi connectivity index (χ0n) is 11.3. The summed E-state index contributed by atoms with van der Waals surface area (Å²) in [6, 6.07) is 3.12. The molecule has 106 valence electrons. The molecular formula is C13H20N2O3S. The number of carboxylic acid groups (broad SMARTS) is 1. The molecule has 1 aromatic heterocycles. The third-order valence-corrected chi connectivity index (χ3v) is 3.82. The molecular weight excluding hydrogens is 264 g/mol. The molecule has 2 unspecified atom stereocenters. The summed E-state index contributed by atoms with van der Waals surface area (Å²) in [6.45, 7) is 5.52. The number of carboxylic acids is 1. The number of nitrogens with one attached hydrogen (secondary N) is 2. The maximum Gasteiger partial charge on any atom is 0.320 e. The van der Waals surface area contributed by atoms with Crippen LogP contribution in [0.1, 0.15) is 31.7 Å². The molecule has 0 spiro atoms. The largest absolute Gasteiger partial charge is 0.480 e. The van der Waals surface area contributed by atoms with Crippen LogP contribution in [-0.4, -0.2) is 29.6 Å². The minimum atomic E-state index is -0.936. The van der Waals surface area contributed by atoms with Crippen LogP contribution < -0.4 is 10.6 Å². The molecule has 3 N–H and O–H groups in total. The summed E-state index contributed by atoms with van der Waals surface area (Å²) in [5, 5.41) is 16.5. The zero-order chi connectivity index (χ0) is 14.4. The lowest BCUT2D eigenvalue weighted by Crippen LogP contribution is -2.46. The lowest BCUT2D eigenvalue weighted by Gasteiger charge is -2.18. The van der Waals surface area contributed by atoms with Gasteiger partial charge < -0.3 is 10.4 Å². The van der Waals surface area contributed by atoms with E-state index in [1.807, 2.05) is 24.4 Å². The SMILES string of the molecule is CC(NC(=O)CNC(C(=O)O)C(C)C)c1cccs1. The number of hydrogen-bond donors (Lipinski definition) is 3. The van der Waals surface area contributed by atoms with Crippen molar-refractivity contribution in [1.82, 2.24) is 10.6 Å². The highest BCUT2D eigenvalue weighted by Gasteiger charge is 2.21. The summed E-state index contributed by atoms with van der Waals surface area (Å²) in [7, 11) is 0. The van der Waals surface area contributed by atoms with Crippen molar-refractivity contribution in [2.24, 2.45) is 5.92 Å². The molecule has 5 nitrogen and oxygen atoms in total. The molecule has 0 saturated heterocycles. The van der Waals surface area contributed by atoms with Crippen LogP contribution >= 0.6 is 11.3 Å². The summed E-state index contributed by atoms with van der Waals surface area (Å²) in [5.74, 6) is -1.21. The molecule has 1 heterocycles. The fourth-order valence-corrected chi connectivity index (χ4v) is 2.45. The Kier molecular flexibility index (Phi) is 5.98. The lowest BCUT2D eigenvalue weighted by molar-refractivity contribution is -0.140. The van der Waals surface area contributed by atoms with Gasteiger partial charge in [0, 0.05) is 4.88 Å². The zero-order valence-corrected chi connectivity index (χ0v) is 12.2. The quantitative estimate of drug-likeness (QED) is 0.711. The van der Waals surface area contributed by atoms with Gasteiger partial charge in [0.05, 0.1) is 12.6 Å². The van der Waals surface area contributed by atoms with Crippen molar-refractivity contribution in [1.29, 1.82) is 0 Å². The van der Waals surface area contributed by atoms with Crippen molar-refractivity contribution in [3.63, 3.8) is 0 Å². The van der Waals surface area contributed by atoms with Crippen LogP contribution in [0.15, 0.2) is 17.5 Å². The average molecular weight is 284 g/mol. The first kappa shape index (κ1) is 15.7. The van der Waals surface area contributed by atoms with E-state index in [4.69, 9.17) is 5.11 Å². The highest BCUT2D eigenvalue weighted by molar-refractivity contribution is 7.10. The fraction of sp³-hybridized carbons (Fsp3) is 0.538. The summed E-state index contributed by atoms with van der Waals surface area (Å²) in [4.78, 5) is 23.8. The minimum absolute atomic E-state index is 0.00482. The Morgan fingerprint density at radius 3 is 2.53 bits per heavy atom. The second kappa shape index (κ2) is 7.25. The van der Waals surface area contributed by atoms with Crippen molar-refractivity contribution in [3.8, 4) is 0 Å². The molecule has 19 heavy (non-hydrogen) atoms. The molecule has 0 bridgehead atoms. The number of amides is 1. The molecule has 0 aliphatic rings. The number of rotatable bonds is 7. The van der Waals surface area contributed by atoms with Gasteiger partial charge in [-0.3, -0.25) is 14.9 Å². The van der Waals surface area contributed by atoms with Crippen molar-refractivity contribution in [2.75, 3.05) is 6.54 Å². The molecule has 2 atom stereocenters. The van der Waals surface area contributed by atoms with Gasteiger partial charge in [-0.15, -0.1) is 11.3 Å². The maximum absolute atomic E-state index is 11.7. The summed E-state index contributed by atoms with van der Waals surface area (Å²) in [5.41, 5.74) is 0. The molecule has 6 heteroatoms. The van der Waals surface area contributed by atoms with E-state index in [9.17, 15) is 9.59 Å². The topological polar surface area (TPSA) is 78.4 Å². The van der Waals surface area contributed by atoms with Crippen molar-refractivity contribution in [3.05, 3.63) is 22.4 Å². The normalized spacial score (nSPS) is 14.1. The van der Waals surface area contributed by atoms with E-state index in [2.05, 4.69) is 10.6 Å². The van der Waals surface area contributed by atoms with Gasteiger partial charge in [0.15, 0.2) is 0 Å². The molecule has 0 saturated carbocycles. The molecule has 1 amide bonds. The van der Waals surface area contributed by atoms with E-state index < -0.39 is 12.0 Å². The van der Waals surface area contributed by atoms with E-state index in [1.165, 1.54) is 0 Å². The van der Waals surface area contributed by atoms with Crippen LogP contribution in [0.25, 0.3) is 0 Å². The first-order valence-corrected chi connectivity index (χ1v) is 7.08. The number of hydrogen-bond acceptors (Lipinski definition) is 4. The first-order chi connectivity index (χ1) is 8.91. The fourth-order valence-electron chi connectivity index (χ4n) is 1.71. The Hall–Kier alpha value is -1.40. The molecule has 0 fully saturated rings. The van der Waals surface area contributed by atoms with Crippen molar-refractivity contribution in [2.45, 2.75) is 32.9 Å². The standard InChI is InChI=1S/C13H20N2O3S/c1-8(2)12(13(17)18)14-7-11(16)15-9(3)10-5-4-6-19-10/h4-6,8-9,12,14H,7H2,1-3H3,(H,15,16)(H,17,18). The second-order valence-corrected chi connectivity index (χ2v) is 5.72. The molecule has 1 aromatic rings. The van der Waals surface area contributed by atoms with Crippen LogP contribution in [0.5, 0.6) is 0 Å². The number of aliphatic carboxylic acids is 1. The van der Waals surface area contributed by atoms with Crippen LogP contribution in [0, 0.1) is 5.92 Å². The third kappa shape index (κ3) is 5.00. The molecule has 0 radical (unpaired) electrons. The Morgan fingerprint density at radius 2 is 2.05 bits per heavy atom. The molecule has 0 aromatic carbocycles. The van der Waals surface area contributed by atoms with Crippen LogP contribution in [0.4, 0.5) is 0 Å². The number of carbonyl (C=O) groups is 2. The van der Waals surface area contributed by atoms with Gasteiger partial charge in [-0.2, -0.15) is 0 Å². The monoisotopic (exact) mass is 284 g/mol. The molecule has 0 aliphatic carbocycles. The Balaban J connectivity index is 2.41. The Morgan fingerprint density at radius 1 is 1.37 bits per heavy atom. The van der Waals surface area contributed by atoms with Crippen LogP contribution in [0.2, 0.25) is 0 Å². The van der Waals surface area contributed by atoms with Crippen LogP contribution in [-0.2, 0) is 9.59 Å². The summed E-state index contributed by atoms with van der Waals surface area (Å²) >= 11 is 1.58. The average Bonchev–Trinajstić information content (AvgIpc) is 2.81. The van der Waals surface area contributed by atoms with E-state index >= 15 is 0 Å².